The lowest BCUT2D eigenvalue weighted by Gasteiger charge is -2.31. The predicted molar refractivity (Wildman–Crippen MR) is 90.0 cm³/mol. The van der Waals surface area contributed by atoms with Crippen molar-refractivity contribution < 1.29 is 4.79 Å². The molecule has 0 saturated heterocycles. The largest absolute Gasteiger partial charge is 0.347 e. The van der Waals surface area contributed by atoms with Crippen LogP contribution in [0, 0.1) is 13.8 Å². The summed E-state index contributed by atoms with van der Waals surface area (Å²) in [5.41, 5.74) is 3.86. The average Bonchev–Trinajstić information content (AvgIpc) is 3.25. The first-order valence-electron chi connectivity index (χ1n) is 7.77. The number of H-pyrrole nitrogens is 1. The van der Waals surface area contributed by atoms with Gasteiger partial charge in [0.05, 0.1) is 41.2 Å². The van der Waals surface area contributed by atoms with Gasteiger partial charge in [0, 0.05) is 31.3 Å². The van der Waals surface area contributed by atoms with Gasteiger partial charge in [0.15, 0.2) is 0 Å². The summed E-state index contributed by atoms with van der Waals surface area (Å²) in [4.78, 5) is 27.6. The molecule has 1 unspecified atom stereocenters. The average molecular weight is 342 g/mol. The Morgan fingerprint density at radius 3 is 2.92 bits per heavy atom. The number of hydrogen-bond donors (Lipinski definition) is 1. The number of nitrogens with zero attached hydrogens (tertiary/aromatic N) is 5. The first-order valence-corrected chi connectivity index (χ1v) is 8.58. The molecule has 1 aliphatic rings. The molecular weight excluding hydrogens is 324 g/mol. The highest BCUT2D eigenvalue weighted by atomic mass is 32.1. The molecule has 1 atom stereocenters. The molecule has 0 aliphatic carbocycles. The van der Waals surface area contributed by atoms with Crippen molar-refractivity contribution >= 4 is 17.2 Å². The summed E-state index contributed by atoms with van der Waals surface area (Å²) in [7, 11) is 1.89. The minimum atomic E-state index is 0.0342. The number of aromatic nitrogens is 5. The first-order chi connectivity index (χ1) is 11.5. The maximum Gasteiger partial charge on any atom is 0.266 e. The van der Waals surface area contributed by atoms with Gasteiger partial charge in [0.25, 0.3) is 5.91 Å². The molecule has 0 fully saturated rings. The van der Waals surface area contributed by atoms with E-state index in [2.05, 4.69) is 20.1 Å². The van der Waals surface area contributed by atoms with Crippen LogP contribution < -0.4 is 0 Å². The predicted octanol–water partition coefficient (Wildman–Crippen LogP) is 2.00. The number of fused-ring (bicyclic) bond motifs is 1. The molecule has 3 aromatic heterocycles. The lowest BCUT2D eigenvalue weighted by Crippen LogP contribution is -2.38. The van der Waals surface area contributed by atoms with E-state index in [0.717, 1.165) is 32.5 Å². The van der Waals surface area contributed by atoms with Crippen LogP contribution in [-0.2, 0) is 13.6 Å². The van der Waals surface area contributed by atoms with Crippen LogP contribution in [0.15, 0.2) is 18.7 Å². The van der Waals surface area contributed by atoms with Gasteiger partial charge in [-0.2, -0.15) is 5.10 Å². The number of carbonyl (C=O) groups is 1. The van der Waals surface area contributed by atoms with Crippen molar-refractivity contribution in [3.63, 3.8) is 0 Å². The summed E-state index contributed by atoms with van der Waals surface area (Å²) in [5.74, 6) is 0.0687. The molecule has 7 nitrogen and oxygen atoms in total. The highest BCUT2D eigenvalue weighted by molar-refractivity contribution is 7.13. The molecule has 1 amide bonds. The van der Waals surface area contributed by atoms with E-state index in [-0.39, 0.29) is 11.8 Å². The molecule has 0 radical (unpaired) electrons. The Bertz CT molecular complexity index is 907. The number of imidazole rings is 1. The van der Waals surface area contributed by atoms with E-state index in [1.807, 2.05) is 38.2 Å². The van der Waals surface area contributed by atoms with Crippen molar-refractivity contribution in [1.29, 1.82) is 0 Å². The van der Waals surface area contributed by atoms with Gasteiger partial charge in [-0.3, -0.25) is 9.48 Å². The number of nitrogens with one attached hydrogen (secondary N) is 1. The van der Waals surface area contributed by atoms with Crippen molar-refractivity contribution in [3.05, 3.63) is 51.3 Å². The van der Waals surface area contributed by atoms with Crippen molar-refractivity contribution in [1.82, 2.24) is 29.6 Å². The molecule has 24 heavy (non-hydrogen) atoms. The second kappa shape index (κ2) is 5.55. The molecule has 0 bridgehead atoms. The van der Waals surface area contributed by atoms with E-state index in [9.17, 15) is 4.79 Å². The van der Waals surface area contributed by atoms with Gasteiger partial charge in [-0.15, -0.1) is 11.3 Å². The maximum atomic E-state index is 13.0. The van der Waals surface area contributed by atoms with Gasteiger partial charge in [-0.1, -0.05) is 0 Å². The number of thiazole rings is 1. The van der Waals surface area contributed by atoms with E-state index in [4.69, 9.17) is 0 Å². The third-order valence-corrected chi connectivity index (χ3v) is 5.41. The molecular formula is C16H18N6OS. The fourth-order valence-electron chi connectivity index (χ4n) is 3.23. The maximum absolute atomic E-state index is 13.0. The molecule has 1 N–H and O–H groups in total. The Morgan fingerprint density at radius 1 is 1.42 bits per heavy atom. The minimum absolute atomic E-state index is 0.0342. The van der Waals surface area contributed by atoms with Crippen molar-refractivity contribution in [3.8, 4) is 0 Å². The monoisotopic (exact) mass is 342 g/mol. The Labute approximate surface area is 143 Å². The molecule has 4 rings (SSSR count). The lowest BCUT2D eigenvalue weighted by molar-refractivity contribution is 0.0726. The Morgan fingerprint density at radius 2 is 2.25 bits per heavy atom. The SMILES string of the molecule is Cc1nc(C)c(C(=O)N2Cc3[nH]cnc3C(c3cnn(C)c3)C2)s1. The van der Waals surface area contributed by atoms with E-state index in [1.165, 1.54) is 11.3 Å². The summed E-state index contributed by atoms with van der Waals surface area (Å²) in [5, 5.41) is 5.18. The normalized spacial score (nSPS) is 17.1. The third-order valence-electron chi connectivity index (χ3n) is 4.35. The lowest BCUT2D eigenvalue weighted by atomic mass is 9.93. The molecule has 0 aromatic carbocycles. The smallest absolute Gasteiger partial charge is 0.266 e. The van der Waals surface area contributed by atoms with Gasteiger partial charge >= 0.3 is 0 Å². The number of rotatable bonds is 2. The Hall–Kier alpha value is -2.48. The van der Waals surface area contributed by atoms with Crippen LogP contribution in [0.25, 0.3) is 0 Å². The minimum Gasteiger partial charge on any atom is -0.347 e. The topological polar surface area (TPSA) is 79.7 Å². The molecule has 3 aromatic rings. The number of aromatic amines is 1. The van der Waals surface area contributed by atoms with Crippen LogP contribution in [0.1, 0.15) is 43.2 Å². The zero-order valence-electron chi connectivity index (χ0n) is 13.8. The number of carbonyl (C=O) groups excluding carboxylic acids is 1. The Balaban J connectivity index is 1.69. The van der Waals surface area contributed by atoms with Crippen LogP contribution in [-0.4, -0.2) is 42.1 Å². The molecule has 124 valence electrons. The van der Waals surface area contributed by atoms with Gasteiger partial charge in [0.1, 0.15) is 4.88 Å². The van der Waals surface area contributed by atoms with Crippen molar-refractivity contribution in [2.24, 2.45) is 7.05 Å². The van der Waals surface area contributed by atoms with Crippen LogP contribution in [0.5, 0.6) is 0 Å². The summed E-state index contributed by atoms with van der Waals surface area (Å²) < 4.78 is 1.78. The van der Waals surface area contributed by atoms with Crippen molar-refractivity contribution in [2.75, 3.05) is 6.54 Å². The van der Waals surface area contributed by atoms with Crippen LogP contribution >= 0.6 is 11.3 Å². The molecule has 0 saturated carbocycles. The summed E-state index contributed by atoms with van der Waals surface area (Å²) in [6, 6.07) is 0. The molecule has 0 spiro atoms. The van der Waals surface area contributed by atoms with Crippen molar-refractivity contribution in [2.45, 2.75) is 26.3 Å². The van der Waals surface area contributed by atoms with Gasteiger partial charge < -0.3 is 9.88 Å². The second-order valence-corrected chi connectivity index (χ2v) is 7.30. The third kappa shape index (κ3) is 2.43. The first kappa shape index (κ1) is 15.1. The molecule has 1 aliphatic heterocycles. The van der Waals surface area contributed by atoms with E-state index in [1.54, 1.807) is 11.0 Å². The van der Waals surface area contributed by atoms with Crippen LogP contribution in [0.4, 0.5) is 0 Å². The van der Waals surface area contributed by atoms with E-state index < -0.39 is 0 Å². The number of aryl methyl sites for hydroxylation is 3. The summed E-state index contributed by atoms with van der Waals surface area (Å²) in [6.45, 7) is 4.96. The highest BCUT2D eigenvalue weighted by Crippen LogP contribution is 2.32. The molecule has 8 heteroatoms. The number of amides is 1. The van der Waals surface area contributed by atoms with Crippen LogP contribution in [0.2, 0.25) is 0 Å². The summed E-state index contributed by atoms with van der Waals surface area (Å²) in [6.07, 6.45) is 5.53. The van der Waals surface area contributed by atoms with Gasteiger partial charge in [-0.25, -0.2) is 9.97 Å². The standard InChI is InChI=1S/C16H18N6OS/c1-9-15(24-10(2)20-9)16(23)22-6-12(11-4-19-21(3)5-11)14-13(7-22)17-8-18-14/h4-5,8,12H,6-7H2,1-3H3,(H,17,18). The fourth-order valence-corrected chi connectivity index (χ4v) is 4.12. The van der Waals surface area contributed by atoms with Crippen LogP contribution in [0.3, 0.4) is 0 Å². The second-order valence-electron chi connectivity index (χ2n) is 6.10. The fraction of sp³-hybridized carbons (Fsp3) is 0.375. The zero-order valence-corrected chi connectivity index (χ0v) is 14.6. The Kier molecular flexibility index (Phi) is 3.49. The molecule has 4 heterocycles. The van der Waals surface area contributed by atoms with E-state index >= 15 is 0 Å². The van der Waals surface area contributed by atoms with Gasteiger partial charge in [0.2, 0.25) is 0 Å². The summed E-state index contributed by atoms with van der Waals surface area (Å²) >= 11 is 1.46. The zero-order chi connectivity index (χ0) is 16.8. The van der Waals surface area contributed by atoms with E-state index in [0.29, 0.717) is 13.1 Å². The quantitative estimate of drug-likeness (QED) is 0.772. The van der Waals surface area contributed by atoms with Gasteiger partial charge in [-0.05, 0) is 13.8 Å². The number of hydrogen-bond acceptors (Lipinski definition) is 5. The highest BCUT2D eigenvalue weighted by Gasteiger charge is 2.33.